The third-order valence-electron chi connectivity index (χ3n) is 4.23. The summed E-state index contributed by atoms with van der Waals surface area (Å²) in [5.41, 5.74) is 7.37. The Balaban J connectivity index is 2.23. The summed E-state index contributed by atoms with van der Waals surface area (Å²) in [5, 5.41) is 0.803. The van der Waals surface area contributed by atoms with Crippen LogP contribution in [0.15, 0.2) is 24.3 Å². The third-order valence-corrected chi connectivity index (χ3v) is 4.46. The second-order valence-electron chi connectivity index (χ2n) is 6.34. The summed E-state index contributed by atoms with van der Waals surface area (Å²) in [6.07, 6.45) is 5.33. The molecule has 1 aliphatic carbocycles. The number of halogens is 1. The van der Waals surface area contributed by atoms with Crippen LogP contribution >= 0.6 is 11.6 Å². The van der Waals surface area contributed by atoms with E-state index in [1.54, 1.807) is 0 Å². The van der Waals surface area contributed by atoms with Crippen LogP contribution in [0.25, 0.3) is 0 Å². The highest BCUT2D eigenvalue weighted by Gasteiger charge is 2.29. The molecule has 2 nitrogen and oxygen atoms in total. The van der Waals surface area contributed by atoms with Gasteiger partial charge in [-0.2, -0.15) is 0 Å². The van der Waals surface area contributed by atoms with Crippen LogP contribution in [0.4, 0.5) is 0 Å². The number of rotatable bonds is 6. The first-order valence-corrected chi connectivity index (χ1v) is 8.21. The van der Waals surface area contributed by atoms with Crippen LogP contribution in [-0.4, -0.2) is 24.0 Å². The molecule has 1 saturated carbocycles. The van der Waals surface area contributed by atoms with Gasteiger partial charge in [-0.25, -0.2) is 0 Å². The van der Waals surface area contributed by atoms with Gasteiger partial charge in [0, 0.05) is 30.2 Å². The molecule has 0 bridgehead atoms. The topological polar surface area (TPSA) is 29.3 Å². The Morgan fingerprint density at radius 3 is 2.55 bits per heavy atom. The molecule has 0 heterocycles. The molecule has 2 rings (SSSR count). The van der Waals surface area contributed by atoms with E-state index in [1.165, 1.54) is 31.2 Å². The SMILES string of the molecule is CC(C)CN(C1CCCC1)C(CN)c1cccc(Cl)c1. The molecule has 112 valence electrons. The van der Waals surface area contributed by atoms with Crippen LogP contribution in [-0.2, 0) is 0 Å². The van der Waals surface area contributed by atoms with Crippen molar-refractivity contribution in [3.63, 3.8) is 0 Å². The zero-order chi connectivity index (χ0) is 14.5. The highest BCUT2D eigenvalue weighted by molar-refractivity contribution is 6.30. The zero-order valence-corrected chi connectivity index (χ0v) is 13.4. The normalized spacial score (nSPS) is 18.1. The lowest BCUT2D eigenvalue weighted by Gasteiger charge is -2.37. The predicted octanol–water partition coefficient (Wildman–Crippen LogP) is 4.24. The molecule has 1 aliphatic rings. The summed E-state index contributed by atoms with van der Waals surface area (Å²) in [4.78, 5) is 2.63. The van der Waals surface area contributed by atoms with Crippen molar-refractivity contribution in [3.8, 4) is 0 Å². The van der Waals surface area contributed by atoms with E-state index in [0.29, 0.717) is 24.5 Å². The maximum Gasteiger partial charge on any atom is 0.0474 e. The van der Waals surface area contributed by atoms with E-state index < -0.39 is 0 Å². The Bertz CT molecular complexity index is 413. The van der Waals surface area contributed by atoms with Crippen molar-refractivity contribution in [2.45, 2.75) is 51.6 Å². The highest BCUT2D eigenvalue weighted by atomic mass is 35.5. The standard InChI is InChI=1S/C17H27ClN2/c1-13(2)12-20(16-8-3-4-9-16)17(11-19)14-6-5-7-15(18)10-14/h5-7,10,13,16-17H,3-4,8-9,11-12,19H2,1-2H3. The first kappa shape index (κ1) is 15.8. The van der Waals surface area contributed by atoms with Gasteiger partial charge in [0.2, 0.25) is 0 Å². The maximum atomic E-state index is 6.16. The van der Waals surface area contributed by atoms with Crippen molar-refractivity contribution >= 4 is 11.6 Å². The molecule has 0 saturated heterocycles. The van der Waals surface area contributed by atoms with Gasteiger partial charge in [-0.1, -0.05) is 50.4 Å². The van der Waals surface area contributed by atoms with E-state index in [0.717, 1.165) is 11.6 Å². The molecule has 0 radical (unpaired) electrons. The summed E-state index contributed by atoms with van der Waals surface area (Å²) in [6, 6.07) is 9.17. The minimum Gasteiger partial charge on any atom is -0.329 e. The quantitative estimate of drug-likeness (QED) is 0.850. The van der Waals surface area contributed by atoms with Crippen molar-refractivity contribution in [3.05, 3.63) is 34.9 Å². The van der Waals surface area contributed by atoms with Crippen LogP contribution in [0, 0.1) is 5.92 Å². The number of benzene rings is 1. The summed E-state index contributed by atoms with van der Waals surface area (Å²) in [5.74, 6) is 0.656. The minimum atomic E-state index is 0.291. The first-order valence-electron chi connectivity index (χ1n) is 7.83. The second-order valence-corrected chi connectivity index (χ2v) is 6.77. The van der Waals surface area contributed by atoms with E-state index in [4.69, 9.17) is 17.3 Å². The molecule has 0 aliphatic heterocycles. The van der Waals surface area contributed by atoms with Gasteiger partial charge in [0.25, 0.3) is 0 Å². The van der Waals surface area contributed by atoms with Crippen molar-refractivity contribution < 1.29 is 0 Å². The van der Waals surface area contributed by atoms with Gasteiger partial charge >= 0.3 is 0 Å². The fourth-order valence-corrected chi connectivity index (χ4v) is 3.56. The minimum absolute atomic E-state index is 0.291. The Kier molecular flexibility index (Phi) is 5.88. The second kappa shape index (κ2) is 7.44. The van der Waals surface area contributed by atoms with Crippen molar-refractivity contribution in [2.75, 3.05) is 13.1 Å². The van der Waals surface area contributed by atoms with Gasteiger partial charge < -0.3 is 5.73 Å². The molecule has 0 amide bonds. The average molecular weight is 295 g/mol. The van der Waals surface area contributed by atoms with Gasteiger partial charge in [-0.3, -0.25) is 4.90 Å². The summed E-state index contributed by atoms with van der Waals surface area (Å²) < 4.78 is 0. The molecular weight excluding hydrogens is 268 g/mol. The number of hydrogen-bond acceptors (Lipinski definition) is 2. The molecule has 1 aromatic rings. The van der Waals surface area contributed by atoms with Crippen LogP contribution in [0.3, 0.4) is 0 Å². The number of hydrogen-bond donors (Lipinski definition) is 1. The molecular formula is C17H27ClN2. The Labute approximate surface area is 128 Å². The van der Waals surface area contributed by atoms with E-state index >= 15 is 0 Å². The van der Waals surface area contributed by atoms with E-state index in [2.05, 4.69) is 30.9 Å². The van der Waals surface area contributed by atoms with E-state index in [9.17, 15) is 0 Å². The first-order chi connectivity index (χ1) is 9.61. The molecule has 0 spiro atoms. The lowest BCUT2D eigenvalue weighted by Crippen LogP contribution is -2.42. The van der Waals surface area contributed by atoms with Crippen LogP contribution in [0.5, 0.6) is 0 Å². The molecule has 3 heteroatoms. The zero-order valence-electron chi connectivity index (χ0n) is 12.7. The van der Waals surface area contributed by atoms with Crippen LogP contribution < -0.4 is 5.73 Å². The largest absolute Gasteiger partial charge is 0.329 e. The third kappa shape index (κ3) is 3.97. The molecule has 1 fully saturated rings. The Morgan fingerprint density at radius 2 is 2.00 bits per heavy atom. The molecule has 2 N–H and O–H groups in total. The van der Waals surface area contributed by atoms with Gasteiger partial charge in [-0.15, -0.1) is 0 Å². The smallest absolute Gasteiger partial charge is 0.0474 e. The lowest BCUT2D eigenvalue weighted by atomic mass is 10.0. The number of nitrogens with zero attached hydrogens (tertiary/aromatic N) is 1. The summed E-state index contributed by atoms with van der Waals surface area (Å²) in [6.45, 7) is 6.34. The fraction of sp³-hybridized carbons (Fsp3) is 0.647. The monoisotopic (exact) mass is 294 g/mol. The van der Waals surface area contributed by atoms with Gasteiger partial charge in [0.15, 0.2) is 0 Å². The molecule has 20 heavy (non-hydrogen) atoms. The lowest BCUT2D eigenvalue weighted by molar-refractivity contribution is 0.121. The summed E-state index contributed by atoms with van der Waals surface area (Å²) in [7, 11) is 0. The number of nitrogens with two attached hydrogens (primary N) is 1. The summed E-state index contributed by atoms with van der Waals surface area (Å²) >= 11 is 6.16. The molecule has 1 aromatic carbocycles. The van der Waals surface area contributed by atoms with Crippen molar-refractivity contribution in [1.82, 2.24) is 4.90 Å². The average Bonchev–Trinajstić information content (AvgIpc) is 2.92. The van der Waals surface area contributed by atoms with Crippen LogP contribution in [0.2, 0.25) is 5.02 Å². The fourth-order valence-electron chi connectivity index (χ4n) is 3.37. The van der Waals surface area contributed by atoms with Gasteiger partial charge in [-0.05, 0) is 36.5 Å². The van der Waals surface area contributed by atoms with E-state index in [1.807, 2.05) is 12.1 Å². The predicted molar refractivity (Wildman–Crippen MR) is 87.0 cm³/mol. The van der Waals surface area contributed by atoms with Gasteiger partial charge in [0.05, 0.1) is 0 Å². The Hall–Kier alpha value is -0.570. The molecule has 1 atom stereocenters. The maximum absolute atomic E-state index is 6.16. The van der Waals surface area contributed by atoms with Crippen LogP contribution in [0.1, 0.15) is 51.1 Å². The molecule has 0 aromatic heterocycles. The highest BCUT2D eigenvalue weighted by Crippen LogP contribution is 2.32. The van der Waals surface area contributed by atoms with Crippen molar-refractivity contribution in [2.24, 2.45) is 11.7 Å². The Morgan fingerprint density at radius 1 is 1.30 bits per heavy atom. The molecule has 1 unspecified atom stereocenters. The van der Waals surface area contributed by atoms with Gasteiger partial charge in [0.1, 0.15) is 0 Å². The van der Waals surface area contributed by atoms with Crippen molar-refractivity contribution in [1.29, 1.82) is 0 Å². The van der Waals surface area contributed by atoms with E-state index in [-0.39, 0.29) is 0 Å².